The van der Waals surface area contributed by atoms with Gasteiger partial charge in [-0.2, -0.15) is 0 Å². The molecule has 1 aliphatic heterocycles. The van der Waals surface area contributed by atoms with Gasteiger partial charge in [-0.3, -0.25) is 4.79 Å². The summed E-state index contributed by atoms with van der Waals surface area (Å²) >= 11 is 0. The zero-order chi connectivity index (χ0) is 19.2. The van der Waals surface area contributed by atoms with Gasteiger partial charge in [0.15, 0.2) is 5.69 Å². The number of hydrogen-bond donors (Lipinski definition) is 2. The fraction of sp³-hybridized carbons (Fsp3) is 0.526. The zero-order valence-corrected chi connectivity index (χ0v) is 16.1. The van der Waals surface area contributed by atoms with E-state index in [-0.39, 0.29) is 12.0 Å². The van der Waals surface area contributed by atoms with Crippen molar-refractivity contribution in [3.05, 3.63) is 35.7 Å². The Balaban J connectivity index is 1.55. The number of amides is 1. The molecule has 1 atom stereocenters. The second kappa shape index (κ2) is 8.85. The number of nitrogens with one attached hydrogen (secondary N) is 2. The number of rotatable bonds is 7. The Morgan fingerprint density at radius 2 is 2.11 bits per heavy atom. The van der Waals surface area contributed by atoms with Crippen LogP contribution in [0.3, 0.4) is 0 Å². The monoisotopic (exact) mass is 373 g/mol. The fourth-order valence-electron chi connectivity index (χ4n) is 3.22. The Labute approximate surface area is 159 Å². The van der Waals surface area contributed by atoms with Crippen LogP contribution in [-0.4, -0.2) is 53.7 Å². The zero-order valence-electron chi connectivity index (χ0n) is 16.1. The molecule has 1 aromatic heterocycles. The lowest BCUT2D eigenvalue weighted by Crippen LogP contribution is -2.34. The Kier molecular flexibility index (Phi) is 6.28. The minimum absolute atomic E-state index is 0.194. The molecule has 1 amide bonds. The highest BCUT2D eigenvalue weighted by molar-refractivity contribution is 5.93. The lowest BCUT2D eigenvalue weighted by Gasteiger charge is -2.23. The predicted molar refractivity (Wildman–Crippen MR) is 101 cm³/mol. The van der Waals surface area contributed by atoms with E-state index in [0.29, 0.717) is 24.0 Å². The van der Waals surface area contributed by atoms with Crippen LogP contribution in [0.5, 0.6) is 11.5 Å². The van der Waals surface area contributed by atoms with Crippen molar-refractivity contribution in [2.75, 3.05) is 26.7 Å². The number of piperidine rings is 1. The smallest absolute Gasteiger partial charge is 0.273 e. The van der Waals surface area contributed by atoms with E-state index in [1.54, 1.807) is 7.11 Å². The highest BCUT2D eigenvalue weighted by atomic mass is 16.5. The molecule has 27 heavy (non-hydrogen) atoms. The van der Waals surface area contributed by atoms with Crippen LogP contribution in [0.15, 0.2) is 24.3 Å². The van der Waals surface area contributed by atoms with Crippen LogP contribution in [0.4, 0.5) is 0 Å². The number of hydrogen-bond acceptors (Lipinski definition) is 6. The van der Waals surface area contributed by atoms with E-state index < -0.39 is 0 Å². The van der Waals surface area contributed by atoms with Gasteiger partial charge in [0.25, 0.3) is 5.91 Å². The summed E-state index contributed by atoms with van der Waals surface area (Å²) in [6, 6.07) is 7.69. The molecule has 0 radical (unpaired) electrons. The van der Waals surface area contributed by atoms with Crippen LogP contribution in [0.1, 0.15) is 42.0 Å². The first-order valence-corrected chi connectivity index (χ1v) is 9.30. The molecule has 0 bridgehead atoms. The maximum Gasteiger partial charge on any atom is 0.273 e. The highest BCUT2D eigenvalue weighted by Gasteiger charge is 2.23. The summed E-state index contributed by atoms with van der Waals surface area (Å²) in [6.07, 6.45) is 1.80. The molecule has 1 saturated heterocycles. The number of ether oxygens (including phenoxy) is 2. The van der Waals surface area contributed by atoms with Gasteiger partial charge < -0.3 is 20.1 Å². The average molecular weight is 373 g/mol. The van der Waals surface area contributed by atoms with E-state index in [1.165, 1.54) is 0 Å². The summed E-state index contributed by atoms with van der Waals surface area (Å²) in [5.74, 6) is 1.20. The maximum atomic E-state index is 12.5. The van der Waals surface area contributed by atoms with Crippen molar-refractivity contribution in [2.45, 2.75) is 38.8 Å². The molecule has 2 heterocycles. The van der Waals surface area contributed by atoms with E-state index in [1.807, 2.05) is 42.8 Å². The second-order valence-corrected chi connectivity index (χ2v) is 6.77. The Bertz CT molecular complexity index is 770. The molecule has 146 valence electrons. The lowest BCUT2D eigenvalue weighted by molar-refractivity contribution is 0.0926. The van der Waals surface area contributed by atoms with Gasteiger partial charge in [0.2, 0.25) is 0 Å². The largest absolute Gasteiger partial charge is 0.497 e. The lowest BCUT2D eigenvalue weighted by atomic mass is 10.1. The van der Waals surface area contributed by atoms with E-state index in [9.17, 15) is 4.79 Å². The average Bonchev–Trinajstić information content (AvgIpc) is 3.08. The van der Waals surface area contributed by atoms with Gasteiger partial charge in [-0.05, 0) is 51.9 Å². The van der Waals surface area contributed by atoms with Crippen molar-refractivity contribution in [3.8, 4) is 11.5 Å². The SMILES string of the molecule is COc1cccc(OC(C)CNC(=O)c2nnn(C3CCNCC3)c2C)c1. The molecule has 1 aromatic carbocycles. The third-order valence-corrected chi connectivity index (χ3v) is 4.73. The fourth-order valence-corrected chi connectivity index (χ4v) is 3.22. The van der Waals surface area contributed by atoms with Crippen LogP contribution in [-0.2, 0) is 0 Å². The van der Waals surface area contributed by atoms with Crippen molar-refractivity contribution in [1.82, 2.24) is 25.6 Å². The third-order valence-electron chi connectivity index (χ3n) is 4.73. The van der Waals surface area contributed by atoms with Gasteiger partial charge in [0, 0.05) is 6.07 Å². The summed E-state index contributed by atoms with van der Waals surface area (Å²) in [6.45, 7) is 6.09. The molecular formula is C19H27N5O3. The van der Waals surface area contributed by atoms with Crippen LogP contribution in [0, 0.1) is 6.92 Å². The number of nitrogens with zero attached hydrogens (tertiary/aromatic N) is 3. The van der Waals surface area contributed by atoms with Crippen LogP contribution in [0.25, 0.3) is 0 Å². The number of benzene rings is 1. The number of aromatic nitrogens is 3. The molecule has 0 saturated carbocycles. The predicted octanol–water partition coefficient (Wildman–Crippen LogP) is 1.72. The normalized spacial score (nSPS) is 16.0. The standard InChI is InChI=1S/C19H27N5O3/c1-13(27-17-6-4-5-16(11-17)26-3)12-21-19(25)18-14(2)24(23-22-18)15-7-9-20-10-8-15/h4-6,11,13,15,20H,7-10,12H2,1-3H3,(H,21,25). The first kappa shape index (κ1) is 19.2. The van der Waals surface area contributed by atoms with Crippen molar-refractivity contribution in [3.63, 3.8) is 0 Å². The number of carbonyl (C=O) groups excluding carboxylic acids is 1. The minimum atomic E-state index is -0.228. The van der Waals surface area contributed by atoms with E-state index in [0.717, 1.165) is 37.4 Å². The molecule has 2 N–H and O–H groups in total. The molecular weight excluding hydrogens is 346 g/mol. The van der Waals surface area contributed by atoms with Gasteiger partial charge in [-0.1, -0.05) is 11.3 Å². The van der Waals surface area contributed by atoms with Gasteiger partial charge in [0.05, 0.1) is 25.4 Å². The van der Waals surface area contributed by atoms with Crippen LogP contribution in [0.2, 0.25) is 0 Å². The number of methoxy groups -OCH3 is 1. The van der Waals surface area contributed by atoms with E-state index in [2.05, 4.69) is 20.9 Å². The minimum Gasteiger partial charge on any atom is -0.497 e. The quantitative estimate of drug-likeness (QED) is 0.768. The summed E-state index contributed by atoms with van der Waals surface area (Å²) in [4.78, 5) is 12.5. The summed E-state index contributed by atoms with van der Waals surface area (Å²) in [5, 5.41) is 14.5. The molecule has 8 nitrogen and oxygen atoms in total. The van der Waals surface area contributed by atoms with Crippen molar-refractivity contribution in [1.29, 1.82) is 0 Å². The van der Waals surface area contributed by atoms with Crippen LogP contribution >= 0.6 is 0 Å². The molecule has 1 unspecified atom stereocenters. The van der Waals surface area contributed by atoms with E-state index in [4.69, 9.17) is 9.47 Å². The molecule has 1 aliphatic rings. The second-order valence-electron chi connectivity index (χ2n) is 6.77. The highest BCUT2D eigenvalue weighted by Crippen LogP contribution is 2.21. The van der Waals surface area contributed by atoms with Gasteiger partial charge in [-0.25, -0.2) is 4.68 Å². The first-order chi connectivity index (χ1) is 13.1. The Morgan fingerprint density at radius 1 is 1.37 bits per heavy atom. The summed E-state index contributed by atoms with van der Waals surface area (Å²) < 4.78 is 12.9. The first-order valence-electron chi connectivity index (χ1n) is 9.30. The Hall–Kier alpha value is -2.61. The van der Waals surface area contributed by atoms with Crippen LogP contribution < -0.4 is 20.1 Å². The van der Waals surface area contributed by atoms with Crippen molar-refractivity contribution < 1.29 is 14.3 Å². The van der Waals surface area contributed by atoms with Crippen molar-refractivity contribution >= 4 is 5.91 Å². The molecule has 3 rings (SSSR count). The van der Waals surface area contributed by atoms with Gasteiger partial charge in [0.1, 0.15) is 17.6 Å². The molecule has 0 aliphatic carbocycles. The van der Waals surface area contributed by atoms with Gasteiger partial charge >= 0.3 is 0 Å². The van der Waals surface area contributed by atoms with E-state index >= 15 is 0 Å². The molecule has 0 spiro atoms. The maximum absolute atomic E-state index is 12.5. The molecule has 2 aromatic rings. The Morgan fingerprint density at radius 3 is 2.85 bits per heavy atom. The summed E-state index contributed by atoms with van der Waals surface area (Å²) in [7, 11) is 1.61. The summed E-state index contributed by atoms with van der Waals surface area (Å²) in [5.41, 5.74) is 1.18. The third kappa shape index (κ3) is 4.77. The molecule has 1 fully saturated rings. The van der Waals surface area contributed by atoms with Gasteiger partial charge in [-0.15, -0.1) is 5.10 Å². The topological polar surface area (TPSA) is 90.3 Å². The molecule has 8 heteroatoms. The van der Waals surface area contributed by atoms with Crippen molar-refractivity contribution in [2.24, 2.45) is 0 Å². The number of carbonyl (C=O) groups is 1.